The molecule has 0 radical (unpaired) electrons. The van der Waals surface area contributed by atoms with E-state index in [1.807, 2.05) is 23.2 Å². The smallest absolute Gasteiger partial charge is 0.191 e. The topological polar surface area (TPSA) is 75.9 Å². The fourth-order valence-electron chi connectivity index (χ4n) is 3.47. The maximum absolute atomic E-state index is 5.40. The van der Waals surface area contributed by atoms with Crippen molar-refractivity contribution in [2.75, 3.05) is 45.3 Å². The zero-order valence-electron chi connectivity index (χ0n) is 17.6. The second kappa shape index (κ2) is 10.6. The van der Waals surface area contributed by atoms with Crippen molar-refractivity contribution >= 4 is 11.6 Å². The molecule has 8 heteroatoms. The molecule has 8 nitrogen and oxygen atoms in total. The standard InChI is InChI=1S/C21H32N6O2/c1-4-23-21(24-8-12-26-11-7-22-16-26)25-17-5-9-27(10-6-17)18-13-19(28-2)15-20(14-18)29-3/h7,11,13-17H,4-6,8-10,12H2,1-3H3,(H2,23,24,25). The number of hydrogen-bond donors (Lipinski definition) is 2. The Morgan fingerprint density at radius 3 is 2.48 bits per heavy atom. The highest BCUT2D eigenvalue weighted by molar-refractivity contribution is 5.80. The van der Waals surface area contributed by atoms with Gasteiger partial charge in [0, 0.05) is 68.5 Å². The van der Waals surface area contributed by atoms with E-state index < -0.39 is 0 Å². The molecule has 1 aliphatic heterocycles. The van der Waals surface area contributed by atoms with E-state index in [-0.39, 0.29) is 0 Å². The number of ether oxygens (including phenoxy) is 2. The van der Waals surface area contributed by atoms with E-state index in [1.54, 1.807) is 20.4 Å². The van der Waals surface area contributed by atoms with E-state index in [1.165, 1.54) is 0 Å². The average Bonchev–Trinajstić information content (AvgIpc) is 3.27. The summed E-state index contributed by atoms with van der Waals surface area (Å²) >= 11 is 0. The third-order valence-electron chi connectivity index (χ3n) is 5.07. The zero-order valence-corrected chi connectivity index (χ0v) is 17.6. The van der Waals surface area contributed by atoms with Crippen molar-refractivity contribution in [2.24, 2.45) is 4.99 Å². The summed E-state index contributed by atoms with van der Waals surface area (Å²) in [5, 5.41) is 6.94. The van der Waals surface area contributed by atoms with Gasteiger partial charge in [-0.3, -0.25) is 4.99 Å². The molecule has 2 N–H and O–H groups in total. The number of nitrogens with one attached hydrogen (secondary N) is 2. The molecule has 2 aromatic rings. The minimum absolute atomic E-state index is 0.407. The molecule has 0 bridgehead atoms. The lowest BCUT2D eigenvalue weighted by Crippen LogP contribution is -2.48. The zero-order chi connectivity index (χ0) is 20.5. The lowest BCUT2D eigenvalue weighted by molar-refractivity contribution is 0.393. The Morgan fingerprint density at radius 1 is 1.17 bits per heavy atom. The first-order chi connectivity index (χ1) is 14.2. The number of piperidine rings is 1. The van der Waals surface area contributed by atoms with Gasteiger partial charge in [-0.2, -0.15) is 0 Å². The summed E-state index contributed by atoms with van der Waals surface area (Å²) in [4.78, 5) is 11.2. The summed E-state index contributed by atoms with van der Waals surface area (Å²) in [5.41, 5.74) is 1.14. The molecule has 3 rings (SSSR count). The molecule has 29 heavy (non-hydrogen) atoms. The van der Waals surface area contributed by atoms with Crippen molar-refractivity contribution < 1.29 is 9.47 Å². The molecule has 158 valence electrons. The summed E-state index contributed by atoms with van der Waals surface area (Å²) < 4.78 is 12.8. The number of aromatic nitrogens is 2. The normalized spacial score (nSPS) is 15.3. The molecule has 0 spiro atoms. The summed E-state index contributed by atoms with van der Waals surface area (Å²) in [6.07, 6.45) is 7.66. The van der Waals surface area contributed by atoms with Gasteiger partial charge in [0.15, 0.2) is 5.96 Å². The van der Waals surface area contributed by atoms with Gasteiger partial charge in [-0.25, -0.2) is 4.98 Å². The predicted octanol–water partition coefficient (Wildman–Crippen LogP) is 2.12. The average molecular weight is 401 g/mol. The molecular formula is C21H32N6O2. The highest BCUT2D eigenvalue weighted by Gasteiger charge is 2.21. The van der Waals surface area contributed by atoms with Crippen molar-refractivity contribution in [3.05, 3.63) is 36.9 Å². The van der Waals surface area contributed by atoms with Crippen LogP contribution in [-0.4, -0.2) is 62.0 Å². The fraction of sp³-hybridized carbons (Fsp3) is 0.524. The highest BCUT2D eigenvalue weighted by Crippen LogP contribution is 2.30. The summed E-state index contributed by atoms with van der Waals surface area (Å²) in [5.74, 6) is 2.52. The van der Waals surface area contributed by atoms with E-state index in [4.69, 9.17) is 14.5 Å². The summed E-state index contributed by atoms with van der Waals surface area (Å²) in [6.45, 7) is 6.43. The Labute approximate surface area is 172 Å². The lowest BCUT2D eigenvalue weighted by atomic mass is 10.0. The largest absolute Gasteiger partial charge is 0.497 e. The molecule has 1 aliphatic rings. The molecule has 2 heterocycles. The van der Waals surface area contributed by atoms with E-state index in [0.29, 0.717) is 12.6 Å². The Balaban J connectivity index is 1.53. The SMILES string of the molecule is CCNC(=NCCn1ccnc1)NC1CCN(c2cc(OC)cc(OC)c2)CC1. The van der Waals surface area contributed by atoms with Crippen LogP contribution in [-0.2, 0) is 6.54 Å². The molecule has 0 amide bonds. The third-order valence-corrected chi connectivity index (χ3v) is 5.07. The first kappa shape index (κ1) is 20.8. The number of rotatable bonds is 8. The first-order valence-corrected chi connectivity index (χ1v) is 10.2. The van der Waals surface area contributed by atoms with Gasteiger partial charge in [-0.05, 0) is 19.8 Å². The van der Waals surface area contributed by atoms with Gasteiger partial charge in [0.25, 0.3) is 0 Å². The number of nitrogens with zero attached hydrogens (tertiary/aromatic N) is 4. The highest BCUT2D eigenvalue weighted by atomic mass is 16.5. The minimum atomic E-state index is 0.407. The predicted molar refractivity (Wildman–Crippen MR) is 116 cm³/mol. The quantitative estimate of drug-likeness (QED) is 0.522. The number of guanidine groups is 1. The van der Waals surface area contributed by atoms with E-state index in [9.17, 15) is 0 Å². The van der Waals surface area contributed by atoms with E-state index >= 15 is 0 Å². The number of benzene rings is 1. The van der Waals surface area contributed by atoms with Crippen LogP contribution >= 0.6 is 0 Å². The Bertz CT molecular complexity index is 747. The number of methoxy groups -OCH3 is 2. The van der Waals surface area contributed by atoms with Crippen LogP contribution in [0.15, 0.2) is 41.9 Å². The van der Waals surface area contributed by atoms with E-state index in [0.717, 1.165) is 62.2 Å². The molecule has 1 aromatic heterocycles. The fourth-order valence-corrected chi connectivity index (χ4v) is 3.47. The van der Waals surface area contributed by atoms with Gasteiger partial charge in [-0.1, -0.05) is 0 Å². The van der Waals surface area contributed by atoms with Gasteiger partial charge in [0.1, 0.15) is 11.5 Å². The summed E-state index contributed by atoms with van der Waals surface area (Å²) in [7, 11) is 3.37. The van der Waals surface area contributed by atoms with Gasteiger partial charge < -0.3 is 29.6 Å². The molecule has 0 unspecified atom stereocenters. The van der Waals surface area contributed by atoms with Crippen LogP contribution in [0.4, 0.5) is 5.69 Å². The van der Waals surface area contributed by atoms with Crippen molar-refractivity contribution in [1.29, 1.82) is 0 Å². The van der Waals surface area contributed by atoms with Crippen molar-refractivity contribution in [2.45, 2.75) is 32.4 Å². The summed E-state index contributed by atoms with van der Waals surface area (Å²) in [6, 6.07) is 6.45. The molecular weight excluding hydrogens is 368 g/mol. The first-order valence-electron chi connectivity index (χ1n) is 10.2. The van der Waals surface area contributed by atoms with Crippen LogP contribution in [0.5, 0.6) is 11.5 Å². The second-order valence-electron chi connectivity index (χ2n) is 7.04. The number of anilines is 1. The Kier molecular flexibility index (Phi) is 7.61. The van der Waals surface area contributed by atoms with Crippen molar-refractivity contribution in [1.82, 2.24) is 20.2 Å². The van der Waals surface area contributed by atoms with Crippen LogP contribution < -0.4 is 25.0 Å². The number of imidazole rings is 1. The molecule has 0 atom stereocenters. The Hall–Kier alpha value is -2.90. The van der Waals surface area contributed by atoms with Crippen LogP contribution in [0.25, 0.3) is 0 Å². The van der Waals surface area contributed by atoms with Crippen LogP contribution in [0.3, 0.4) is 0 Å². The maximum Gasteiger partial charge on any atom is 0.191 e. The molecule has 0 saturated carbocycles. The van der Waals surface area contributed by atoms with Crippen molar-refractivity contribution in [3.63, 3.8) is 0 Å². The van der Waals surface area contributed by atoms with Gasteiger partial charge in [0.2, 0.25) is 0 Å². The Morgan fingerprint density at radius 2 is 1.90 bits per heavy atom. The molecule has 1 saturated heterocycles. The minimum Gasteiger partial charge on any atom is -0.497 e. The molecule has 0 aliphatic carbocycles. The van der Waals surface area contributed by atoms with Crippen LogP contribution in [0.2, 0.25) is 0 Å². The van der Waals surface area contributed by atoms with Gasteiger partial charge in [-0.15, -0.1) is 0 Å². The maximum atomic E-state index is 5.40. The van der Waals surface area contributed by atoms with Gasteiger partial charge >= 0.3 is 0 Å². The van der Waals surface area contributed by atoms with Crippen molar-refractivity contribution in [3.8, 4) is 11.5 Å². The van der Waals surface area contributed by atoms with Crippen LogP contribution in [0.1, 0.15) is 19.8 Å². The number of hydrogen-bond acceptors (Lipinski definition) is 5. The van der Waals surface area contributed by atoms with E-state index in [2.05, 4.69) is 39.6 Å². The monoisotopic (exact) mass is 400 g/mol. The van der Waals surface area contributed by atoms with Gasteiger partial charge in [0.05, 0.1) is 27.1 Å². The number of aliphatic imine (C=N–C) groups is 1. The lowest BCUT2D eigenvalue weighted by Gasteiger charge is -2.34. The molecule has 1 fully saturated rings. The molecule has 1 aromatic carbocycles. The third kappa shape index (κ3) is 6.04. The van der Waals surface area contributed by atoms with Crippen LogP contribution in [0, 0.1) is 0 Å². The second-order valence-corrected chi connectivity index (χ2v) is 7.04.